The van der Waals surface area contributed by atoms with Crippen LogP contribution in [-0.2, 0) is 0 Å². The van der Waals surface area contributed by atoms with Crippen LogP contribution in [0.2, 0.25) is 0 Å². The lowest BCUT2D eigenvalue weighted by molar-refractivity contribution is 0.0952. The Morgan fingerprint density at radius 1 is 1.18 bits per heavy atom. The van der Waals surface area contributed by atoms with Crippen molar-refractivity contribution in [3.8, 4) is 5.75 Å². The molecule has 1 aromatic carbocycles. The zero-order valence-electron chi connectivity index (χ0n) is 13.9. The zero-order chi connectivity index (χ0) is 17.3. The van der Waals surface area contributed by atoms with E-state index in [1.54, 1.807) is 34.0 Å². The van der Waals surface area contributed by atoms with E-state index in [9.17, 15) is 14.7 Å². The van der Waals surface area contributed by atoms with Crippen molar-refractivity contribution in [1.29, 1.82) is 0 Å². The summed E-state index contributed by atoms with van der Waals surface area (Å²) in [6.45, 7) is 7.46. The summed E-state index contributed by atoms with van der Waals surface area (Å²) in [5.41, 5.74) is 3.18. The fourth-order valence-corrected chi connectivity index (χ4v) is 1.28. The van der Waals surface area contributed by atoms with Gasteiger partial charge >= 0.3 is 6.03 Å². The molecule has 122 valence electrons. The minimum atomic E-state index is -0.551. The van der Waals surface area contributed by atoms with Crippen molar-refractivity contribution in [3.63, 3.8) is 0 Å². The Balaban J connectivity index is 0.00000211. The molecule has 0 spiro atoms. The Bertz CT molecular complexity index is 550. The van der Waals surface area contributed by atoms with Crippen molar-refractivity contribution in [2.75, 3.05) is 19.4 Å². The number of para-hydroxylation sites is 1. The third-order valence-corrected chi connectivity index (χ3v) is 2.31. The molecule has 7 nitrogen and oxygen atoms in total. The van der Waals surface area contributed by atoms with Gasteiger partial charge in [-0.1, -0.05) is 19.9 Å². The van der Waals surface area contributed by atoms with E-state index >= 15 is 0 Å². The largest absolute Gasteiger partial charge is 0.505 e. The Morgan fingerprint density at radius 2 is 1.77 bits per heavy atom. The maximum atomic E-state index is 11.8. The molecule has 3 amide bonds. The van der Waals surface area contributed by atoms with E-state index < -0.39 is 11.9 Å². The van der Waals surface area contributed by atoms with Crippen LogP contribution in [0.25, 0.3) is 0 Å². The topological polar surface area (TPSA) is 94.0 Å². The van der Waals surface area contributed by atoms with Crippen LogP contribution in [0, 0.1) is 0 Å². The molecule has 0 aliphatic heterocycles. The molecule has 0 saturated carbocycles. The summed E-state index contributed by atoms with van der Waals surface area (Å²) < 4.78 is 0. The van der Waals surface area contributed by atoms with Crippen LogP contribution in [0.15, 0.2) is 23.3 Å². The number of phenolic OH excluding ortho intramolecular Hbond substituents is 1. The Hall–Kier alpha value is -2.57. The minimum absolute atomic E-state index is 0.0338. The monoisotopic (exact) mass is 308 g/mol. The summed E-state index contributed by atoms with van der Waals surface area (Å²) in [6, 6.07) is 4.10. The smallest absolute Gasteiger partial charge is 0.321 e. The van der Waals surface area contributed by atoms with Gasteiger partial charge in [-0.2, -0.15) is 5.10 Å². The van der Waals surface area contributed by atoms with Crippen molar-refractivity contribution >= 4 is 23.3 Å². The van der Waals surface area contributed by atoms with Gasteiger partial charge in [-0.15, -0.1) is 0 Å². The molecule has 0 radical (unpaired) electrons. The maximum absolute atomic E-state index is 11.8. The molecule has 1 aromatic rings. The van der Waals surface area contributed by atoms with Gasteiger partial charge in [-0.3, -0.25) is 4.79 Å². The van der Waals surface area contributed by atoms with Gasteiger partial charge < -0.3 is 15.3 Å². The van der Waals surface area contributed by atoms with Crippen molar-refractivity contribution in [1.82, 2.24) is 10.3 Å². The Morgan fingerprint density at radius 3 is 2.27 bits per heavy atom. The number of aromatic hydroxyl groups is 1. The number of nitrogens with zero attached hydrogens (tertiary/aromatic N) is 2. The second kappa shape index (κ2) is 9.38. The van der Waals surface area contributed by atoms with Crippen molar-refractivity contribution < 1.29 is 14.7 Å². The molecule has 0 atom stereocenters. The van der Waals surface area contributed by atoms with Gasteiger partial charge in [0.25, 0.3) is 5.91 Å². The minimum Gasteiger partial charge on any atom is -0.505 e. The van der Waals surface area contributed by atoms with Crippen LogP contribution < -0.4 is 10.7 Å². The first-order chi connectivity index (χ1) is 10.3. The van der Waals surface area contributed by atoms with E-state index in [0.29, 0.717) is 5.71 Å². The number of urea groups is 1. The first-order valence-corrected chi connectivity index (χ1v) is 6.94. The lowest BCUT2D eigenvalue weighted by Gasteiger charge is -2.14. The molecule has 3 N–H and O–H groups in total. The van der Waals surface area contributed by atoms with Crippen LogP contribution in [0.4, 0.5) is 10.5 Å². The molecule has 0 aliphatic rings. The Labute approximate surface area is 131 Å². The van der Waals surface area contributed by atoms with Gasteiger partial charge in [-0.05, 0) is 26.0 Å². The summed E-state index contributed by atoms with van der Waals surface area (Å²) in [5.74, 6) is -0.853. The molecule has 7 heteroatoms. The van der Waals surface area contributed by atoms with Crippen LogP contribution in [0.5, 0.6) is 5.75 Å². The van der Waals surface area contributed by atoms with E-state index in [4.69, 9.17) is 0 Å². The fraction of sp³-hybridized carbons (Fsp3) is 0.400. The third-order valence-electron chi connectivity index (χ3n) is 2.31. The third kappa shape index (κ3) is 5.82. The van der Waals surface area contributed by atoms with E-state index in [1.165, 1.54) is 17.0 Å². The number of nitrogens with one attached hydrogen (secondary N) is 2. The van der Waals surface area contributed by atoms with Crippen LogP contribution in [0.3, 0.4) is 0 Å². The van der Waals surface area contributed by atoms with E-state index in [2.05, 4.69) is 15.8 Å². The zero-order valence-corrected chi connectivity index (χ0v) is 13.9. The number of carbonyl (C=O) groups excluding carboxylic acids is 2. The first-order valence-electron chi connectivity index (χ1n) is 6.94. The highest BCUT2D eigenvalue weighted by atomic mass is 16.3. The van der Waals surface area contributed by atoms with Gasteiger partial charge in [0.2, 0.25) is 0 Å². The van der Waals surface area contributed by atoms with Crippen molar-refractivity contribution in [2.24, 2.45) is 5.10 Å². The number of hydrazone groups is 1. The summed E-state index contributed by atoms with van der Waals surface area (Å²) >= 11 is 0. The summed E-state index contributed by atoms with van der Waals surface area (Å²) in [7, 11) is 3.14. The summed E-state index contributed by atoms with van der Waals surface area (Å²) in [5, 5.41) is 16.3. The van der Waals surface area contributed by atoms with Crippen molar-refractivity contribution in [3.05, 3.63) is 23.8 Å². The van der Waals surface area contributed by atoms with Gasteiger partial charge in [0.1, 0.15) is 0 Å². The molecule has 0 aromatic heterocycles. The SMILES string of the molecule is CC.CC(C)=NNC(=O)c1cccc(NC(=O)N(C)C)c1O. The maximum Gasteiger partial charge on any atom is 0.321 e. The lowest BCUT2D eigenvalue weighted by atomic mass is 10.1. The molecule has 0 heterocycles. The fourth-order valence-electron chi connectivity index (χ4n) is 1.28. The molecule has 22 heavy (non-hydrogen) atoms. The number of benzene rings is 1. The van der Waals surface area contributed by atoms with E-state index in [0.717, 1.165) is 0 Å². The molecule has 0 unspecified atom stereocenters. The van der Waals surface area contributed by atoms with Crippen LogP contribution >= 0.6 is 0 Å². The second-order valence-electron chi connectivity index (χ2n) is 4.53. The standard InChI is InChI=1S/C13H18N4O3.C2H6/c1-8(2)15-16-12(19)9-6-5-7-10(11(9)18)14-13(20)17(3)4;1-2/h5-7,18H,1-4H3,(H,14,20)(H,16,19);1-2H3. The van der Waals surface area contributed by atoms with Gasteiger partial charge in [0, 0.05) is 19.8 Å². The highest BCUT2D eigenvalue weighted by Crippen LogP contribution is 2.27. The molecule has 1 rings (SSSR count). The van der Waals surface area contributed by atoms with Gasteiger partial charge in [0.15, 0.2) is 5.75 Å². The van der Waals surface area contributed by atoms with Crippen LogP contribution in [-0.4, -0.2) is 41.8 Å². The number of hydrogen-bond acceptors (Lipinski definition) is 4. The molecule has 0 bridgehead atoms. The summed E-state index contributed by atoms with van der Waals surface area (Å²) in [6.07, 6.45) is 0. The predicted molar refractivity (Wildman–Crippen MR) is 88.4 cm³/mol. The molecule has 0 fully saturated rings. The number of hydrogen-bond donors (Lipinski definition) is 3. The summed E-state index contributed by atoms with van der Waals surface area (Å²) in [4.78, 5) is 24.7. The first kappa shape index (κ1) is 19.4. The molecular formula is C15H24N4O3. The average Bonchev–Trinajstić information content (AvgIpc) is 2.48. The predicted octanol–water partition coefficient (Wildman–Crippen LogP) is 2.64. The second-order valence-corrected chi connectivity index (χ2v) is 4.53. The number of carbonyl (C=O) groups is 2. The van der Waals surface area contributed by atoms with Crippen molar-refractivity contribution in [2.45, 2.75) is 27.7 Å². The molecule has 0 saturated heterocycles. The van der Waals surface area contributed by atoms with Crippen LogP contribution in [0.1, 0.15) is 38.1 Å². The number of amides is 3. The van der Waals surface area contributed by atoms with Gasteiger partial charge in [-0.25, -0.2) is 10.2 Å². The normalized spacial score (nSPS) is 9.00. The average molecular weight is 308 g/mol. The quantitative estimate of drug-likeness (QED) is 0.455. The highest BCUT2D eigenvalue weighted by Gasteiger charge is 2.15. The molecule has 0 aliphatic carbocycles. The lowest BCUT2D eigenvalue weighted by Crippen LogP contribution is -2.27. The molecular weight excluding hydrogens is 284 g/mol. The van der Waals surface area contributed by atoms with E-state index in [-0.39, 0.29) is 17.0 Å². The number of rotatable bonds is 3. The van der Waals surface area contributed by atoms with Gasteiger partial charge in [0.05, 0.1) is 11.3 Å². The highest BCUT2D eigenvalue weighted by molar-refractivity contribution is 6.01. The Kier molecular flexibility index (Phi) is 8.29. The number of phenols is 1. The van der Waals surface area contributed by atoms with E-state index in [1.807, 2.05) is 13.8 Å². The number of anilines is 1.